The zero-order valence-corrected chi connectivity index (χ0v) is 18.8. The van der Waals surface area contributed by atoms with Gasteiger partial charge in [0.2, 0.25) is 0 Å². The van der Waals surface area contributed by atoms with Gasteiger partial charge in [-0.1, -0.05) is 23.8 Å². The van der Waals surface area contributed by atoms with Gasteiger partial charge in [0.25, 0.3) is 0 Å². The average Bonchev–Trinajstić information content (AvgIpc) is 2.65. The van der Waals surface area contributed by atoms with E-state index in [1.807, 2.05) is 58.2 Å². The minimum absolute atomic E-state index is 0.381. The molecule has 0 saturated heterocycles. The van der Waals surface area contributed by atoms with E-state index in [0.29, 0.717) is 17.5 Å². The van der Waals surface area contributed by atoms with Crippen molar-refractivity contribution in [1.82, 2.24) is 10.3 Å². The molecule has 0 aromatic heterocycles. The highest BCUT2D eigenvalue weighted by Gasteiger charge is 2.23. The maximum absolute atomic E-state index is 11.9. The number of hydrogen-bond acceptors (Lipinski definition) is 5. The van der Waals surface area contributed by atoms with Crippen LogP contribution in [0.25, 0.3) is 5.70 Å². The molecule has 3 rings (SSSR count). The monoisotopic (exact) mass is 431 g/mol. The molecular formula is C23H30ClN3O3. The topological polar surface area (TPSA) is 76.8 Å². The highest BCUT2D eigenvalue weighted by molar-refractivity contribution is 6.30. The molecule has 1 aliphatic carbocycles. The van der Waals surface area contributed by atoms with Crippen LogP contribution in [0.2, 0.25) is 5.02 Å². The van der Waals surface area contributed by atoms with Crippen molar-refractivity contribution in [2.45, 2.75) is 45.6 Å². The lowest BCUT2D eigenvalue weighted by Gasteiger charge is -2.29. The van der Waals surface area contributed by atoms with Gasteiger partial charge in [-0.05, 0) is 75.8 Å². The third-order valence-corrected chi connectivity index (χ3v) is 5.17. The molecule has 6 nitrogen and oxygen atoms in total. The first-order valence-electron chi connectivity index (χ1n) is 10.1. The Labute approximate surface area is 183 Å². The number of fused-ring (bicyclic) bond motifs is 1. The van der Waals surface area contributed by atoms with Gasteiger partial charge in [0.15, 0.2) is 0 Å². The number of nitrogens with zero attached hydrogens (tertiary/aromatic N) is 1. The number of ether oxygens (including phenoxy) is 2. The molecule has 1 atom stereocenters. The lowest BCUT2D eigenvalue weighted by atomic mass is 9.90. The molecule has 1 amide bonds. The summed E-state index contributed by atoms with van der Waals surface area (Å²) in [5.41, 5.74) is 3.31. The molecule has 1 aromatic carbocycles. The summed E-state index contributed by atoms with van der Waals surface area (Å²) in [7, 11) is 1.84. The van der Waals surface area contributed by atoms with Crippen molar-refractivity contribution in [2.75, 3.05) is 13.7 Å². The number of hydrogen-bond donors (Lipinski definition) is 2. The van der Waals surface area contributed by atoms with Gasteiger partial charge in [0, 0.05) is 23.3 Å². The lowest BCUT2D eigenvalue weighted by molar-refractivity contribution is 0.0547. The van der Waals surface area contributed by atoms with Crippen molar-refractivity contribution in [3.63, 3.8) is 0 Å². The maximum atomic E-state index is 11.9. The second-order valence-corrected chi connectivity index (χ2v) is 9.11. The standard InChI is InChI=1S/C23H30ClN3O3/c1-23(2,3)30-22(28)26-18-10-6-15(7-11-18)5-8-16-14-29-20-12-9-17(24)13-19(20)21(16)27(4)25/h6,9-13,15H,5,7-8,14,25H2,1-4H3,(H,26,28). The van der Waals surface area contributed by atoms with Gasteiger partial charge in [0.05, 0.1) is 5.70 Å². The fourth-order valence-electron chi connectivity index (χ4n) is 3.62. The van der Waals surface area contributed by atoms with Crippen LogP contribution in [0.3, 0.4) is 0 Å². The molecule has 2 aliphatic rings. The Morgan fingerprint density at radius 3 is 2.80 bits per heavy atom. The van der Waals surface area contributed by atoms with Gasteiger partial charge in [-0.15, -0.1) is 0 Å². The van der Waals surface area contributed by atoms with E-state index >= 15 is 0 Å². The van der Waals surface area contributed by atoms with Crippen LogP contribution in [0.4, 0.5) is 4.79 Å². The summed E-state index contributed by atoms with van der Waals surface area (Å²) in [6.07, 6.45) is 8.34. The number of nitrogens with two attached hydrogens (primary N) is 1. The number of alkyl carbamates (subject to hydrolysis) is 1. The first kappa shape index (κ1) is 22.2. The minimum atomic E-state index is -0.516. The molecular weight excluding hydrogens is 402 g/mol. The lowest BCUT2D eigenvalue weighted by Crippen LogP contribution is -2.32. The van der Waals surface area contributed by atoms with Crippen molar-refractivity contribution in [3.05, 3.63) is 58.3 Å². The SMILES string of the molecule is CN(N)C1=C(CCC2C=CC(NC(=O)OC(C)(C)C)=CC2)COc2ccc(Cl)cc21. The van der Waals surface area contributed by atoms with E-state index in [2.05, 4.69) is 11.4 Å². The van der Waals surface area contributed by atoms with Gasteiger partial charge < -0.3 is 14.5 Å². The zero-order chi connectivity index (χ0) is 21.9. The molecule has 1 aliphatic heterocycles. The van der Waals surface area contributed by atoms with Crippen molar-refractivity contribution >= 4 is 23.4 Å². The number of halogens is 1. The van der Waals surface area contributed by atoms with E-state index in [9.17, 15) is 4.79 Å². The van der Waals surface area contributed by atoms with Crippen molar-refractivity contribution in [1.29, 1.82) is 0 Å². The largest absolute Gasteiger partial charge is 0.488 e. The van der Waals surface area contributed by atoms with Crippen molar-refractivity contribution < 1.29 is 14.3 Å². The van der Waals surface area contributed by atoms with Gasteiger partial charge in [-0.3, -0.25) is 5.32 Å². The predicted octanol–water partition coefficient (Wildman–Crippen LogP) is 5.01. The number of rotatable bonds is 5. The normalized spacial score (nSPS) is 18.3. The molecule has 162 valence electrons. The summed E-state index contributed by atoms with van der Waals surface area (Å²) in [5.74, 6) is 7.32. The summed E-state index contributed by atoms with van der Waals surface area (Å²) in [5, 5.41) is 5.09. The fraction of sp³-hybridized carbons (Fsp3) is 0.435. The van der Waals surface area contributed by atoms with Crippen LogP contribution in [-0.2, 0) is 4.74 Å². The van der Waals surface area contributed by atoms with E-state index in [0.717, 1.165) is 47.5 Å². The quantitative estimate of drug-likeness (QED) is 0.506. The molecule has 30 heavy (non-hydrogen) atoms. The highest BCUT2D eigenvalue weighted by Crippen LogP contribution is 2.37. The maximum Gasteiger partial charge on any atom is 0.412 e. The van der Waals surface area contributed by atoms with E-state index in [4.69, 9.17) is 26.9 Å². The van der Waals surface area contributed by atoms with Crippen LogP contribution in [0.5, 0.6) is 5.75 Å². The Kier molecular flexibility index (Phi) is 6.78. The van der Waals surface area contributed by atoms with Crippen LogP contribution in [-0.4, -0.2) is 30.4 Å². The smallest absolute Gasteiger partial charge is 0.412 e. The number of nitrogens with one attached hydrogen (secondary N) is 1. The third-order valence-electron chi connectivity index (χ3n) is 4.94. The molecule has 0 radical (unpaired) electrons. The number of amides is 1. The number of benzene rings is 1. The molecule has 0 saturated carbocycles. The van der Waals surface area contributed by atoms with E-state index in [1.54, 1.807) is 5.01 Å². The summed E-state index contributed by atoms with van der Waals surface area (Å²) in [6.45, 7) is 6.05. The van der Waals surface area contributed by atoms with Crippen LogP contribution >= 0.6 is 11.6 Å². The number of allylic oxidation sites excluding steroid dienone is 3. The number of carbonyl (C=O) groups excluding carboxylic acids is 1. The van der Waals surface area contributed by atoms with E-state index < -0.39 is 11.7 Å². The van der Waals surface area contributed by atoms with Crippen LogP contribution in [0, 0.1) is 5.92 Å². The Morgan fingerprint density at radius 2 is 2.17 bits per heavy atom. The van der Waals surface area contributed by atoms with Gasteiger partial charge in [-0.2, -0.15) is 0 Å². The summed E-state index contributed by atoms with van der Waals surface area (Å²) >= 11 is 6.19. The predicted molar refractivity (Wildman–Crippen MR) is 120 cm³/mol. The molecule has 3 N–H and O–H groups in total. The summed E-state index contributed by atoms with van der Waals surface area (Å²) in [6, 6.07) is 5.60. The Hall–Kier alpha value is -2.44. The van der Waals surface area contributed by atoms with Crippen LogP contribution in [0.1, 0.15) is 45.6 Å². The second-order valence-electron chi connectivity index (χ2n) is 8.67. The fourth-order valence-corrected chi connectivity index (χ4v) is 3.79. The third kappa shape index (κ3) is 5.80. The minimum Gasteiger partial charge on any atom is -0.488 e. The number of carbonyl (C=O) groups is 1. The van der Waals surface area contributed by atoms with Gasteiger partial charge >= 0.3 is 6.09 Å². The Balaban J connectivity index is 1.61. The van der Waals surface area contributed by atoms with E-state index in [1.165, 1.54) is 0 Å². The highest BCUT2D eigenvalue weighted by atomic mass is 35.5. The molecule has 0 fully saturated rings. The van der Waals surface area contributed by atoms with Crippen molar-refractivity contribution in [2.24, 2.45) is 11.8 Å². The number of hydrazine groups is 1. The molecule has 1 unspecified atom stereocenters. The van der Waals surface area contributed by atoms with Gasteiger partial charge in [0.1, 0.15) is 18.0 Å². The van der Waals surface area contributed by atoms with E-state index in [-0.39, 0.29) is 0 Å². The molecule has 1 heterocycles. The molecule has 7 heteroatoms. The molecule has 0 bridgehead atoms. The first-order valence-corrected chi connectivity index (χ1v) is 10.5. The van der Waals surface area contributed by atoms with Crippen LogP contribution < -0.4 is 15.9 Å². The summed E-state index contributed by atoms with van der Waals surface area (Å²) < 4.78 is 11.2. The van der Waals surface area contributed by atoms with Crippen LogP contribution in [0.15, 0.2) is 47.7 Å². The first-order chi connectivity index (χ1) is 14.1. The Bertz CT molecular complexity index is 897. The Morgan fingerprint density at radius 1 is 1.40 bits per heavy atom. The second kappa shape index (κ2) is 9.14. The zero-order valence-electron chi connectivity index (χ0n) is 18.0. The van der Waals surface area contributed by atoms with Gasteiger partial charge in [-0.25, -0.2) is 10.6 Å². The molecule has 1 aromatic rings. The molecule has 0 spiro atoms. The van der Waals surface area contributed by atoms with Crippen molar-refractivity contribution in [3.8, 4) is 5.75 Å². The average molecular weight is 432 g/mol. The summed E-state index contributed by atoms with van der Waals surface area (Å²) in [4.78, 5) is 11.9.